The summed E-state index contributed by atoms with van der Waals surface area (Å²) >= 11 is 3.17. The van der Waals surface area contributed by atoms with Gasteiger partial charge in [-0.2, -0.15) is 0 Å². The molecular formula is C11H13BrO3. The lowest BCUT2D eigenvalue weighted by Crippen LogP contribution is -2.17. The Morgan fingerprint density at radius 1 is 1.40 bits per heavy atom. The number of benzene rings is 1. The first-order valence-corrected chi connectivity index (χ1v) is 5.44. The average molecular weight is 273 g/mol. The summed E-state index contributed by atoms with van der Waals surface area (Å²) in [6, 6.07) is 5.04. The van der Waals surface area contributed by atoms with Crippen molar-refractivity contribution >= 4 is 21.9 Å². The zero-order chi connectivity index (χ0) is 11.6. The second-order valence-corrected chi connectivity index (χ2v) is 4.59. The number of aliphatic carboxylic acids is 1. The van der Waals surface area contributed by atoms with Crippen molar-refractivity contribution < 1.29 is 15.0 Å². The van der Waals surface area contributed by atoms with E-state index in [1.54, 1.807) is 18.2 Å². The molecule has 0 heterocycles. The van der Waals surface area contributed by atoms with Crippen LogP contribution in [-0.4, -0.2) is 16.2 Å². The lowest BCUT2D eigenvalue weighted by Gasteiger charge is -2.18. The highest BCUT2D eigenvalue weighted by Gasteiger charge is 2.26. The molecule has 1 aromatic carbocycles. The molecule has 0 saturated heterocycles. The lowest BCUT2D eigenvalue weighted by atomic mass is 9.88. The first-order chi connectivity index (χ1) is 6.95. The van der Waals surface area contributed by atoms with Gasteiger partial charge in [-0.05, 0) is 27.9 Å². The van der Waals surface area contributed by atoms with E-state index in [4.69, 9.17) is 5.11 Å². The molecule has 2 N–H and O–H groups in total. The first kappa shape index (κ1) is 12.0. The van der Waals surface area contributed by atoms with E-state index in [-0.39, 0.29) is 11.7 Å². The van der Waals surface area contributed by atoms with Gasteiger partial charge in [-0.15, -0.1) is 0 Å². The number of phenolic OH excluding ortho intramolecular Hbond substituents is 1. The minimum Gasteiger partial charge on any atom is -0.506 e. The van der Waals surface area contributed by atoms with Crippen LogP contribution in [0.3, 0.4) is 0 Å². The number of phenols is 1. The third-order valence-electron chi connectivity index (χ3n) is 2.29. The van der Waals surface area contributed by atoms with Crippen LogP contribution >= 0.6 is 15.9 Å². The smallest absolute Gasteiger partial charge is 0.311 e. The van der Waals surface area contributed by atoms with Crippen LogP contribution in [0.15, 0.2) is 22.7 Å². The Labute approximate surface area is 96.9 Å². The molecule has 0 amide bonds. The fourth-order valence-electron chi connectivity index (χ4n) is 1.56. The van der Waals surface area contributed by atoms with Crippen molar-refractivity contribution in [3.8, 4) is 5.75 Å². The highest BCUT2D eigenvalue weighted by Crippen LogP contribution is 2.36. The second kappa shape index (κ2) is 4.66. The Morgan fingerprint density at radius 3 is 2.47 bits per heavy atom. The van der Waals surface area contributed by atoms with Crippen molar-refractivity contribution in [1.82, 2.24) is 0 Å². The van der Waals surface area contributed by atoms with Gasteiger partial charge >= 0.3 is 5.97 Å². The average Bonchev–Trinajstić information content (AvgIpc) is 2.11. The number of carbonyl (C=O) groups is 1. The van der Waals surface area contributed by atoms with Gasteiger partial charge in [0.2, 0.25) is 0 Å². The van der Waals surface area contributed by atoms with Gasteiger partial charge in [0.1, 0.15) is 5.75 Å². The van der Waals surface area contributed by atoms with Crippen LogP contribution in [0.5, 0.6) is 5.75 Å². The Morgan fingerprint density at radius 2 is 2.00 bits per heavy atom. The van der Waals surface area contributed by atoms with Crippen molar-refractivity contribution in [1.29, 1.82) is 0 Å². The zero-order valence-corrected chi connectivity index (χ0v) is 10.2. The summed E-state index contributed by atoms with van der Waals surface area (Å²) in [5.41, 5.74) is 0.451. The molecule has 0 spiro atoms. The number of rotatable bonds is 3. The Bertz CT molecular complexity index is 374. The third kappa shape index (κ3) is 2.50. The maximum absolute atomic E-state index is 11.1. The van der Waals surface area contributed by atoms with E-state index >= 15 is 0 Å². The van der Waals surface area contributed by atoms with Crippen molar-refractivity contribution in [2.24, 2.45) is 5.92 Å². The fraction of sp³-hybridized carbons (Fsp3) is 0.364. The van der Waals surface area contributed by atoms with Crippen LogP contribution in [0.4, 0.5) is 0 Å². The van der Waals surface area contributed by atoms with Crippen molar-refractivity contribution in [3.05, 3.63) is 28.2 Å². The van der Waals surface area contributed by atoms with Gasteiger partial charge < -0.3 is 10.2 Å². The molecule has 0 radical (unpaired) electrons. The van der Waals surface area contributed by atoms with E-state index in [0.29, 0.717) is 10.0 Å². The van der Waals surface area contributed by atoms with Crippen LogP contribution in [0.1, 0.15) is 25.3 Å². The number of para-hydroxylation sites is 1. The van der Waals surface area contributed by atoms with Gasteiger partial charge in [0.15, 0.2) is 0 Å². The summed E-state index contributed by atoms with van der Waals surface area (Å²) in [7, 11) is 0. The topological polar surface area (TPSA) is 57.5 Å². The molecule has 1 aromatic rings. The van der Waals surface area contributed by atoms with E-state index < -0.39 is 11.9 Å². The molecular weight excluding hydrogens is 260 g/mol. The molecule has 1 unspecified atom stereocenters. The monoisotopic (exact) mass is 272 g/mol. The van der Waals surface area contributed by atoms with Crippen molar-refractivity contribution in [2.45, 2.75) is 19.8 Å². The third-order valence-corrected chi connectivity index (χ3v) is 2.93. The molecule has 15 heavy (non-hydrogen) atoms. The van der Waals surface area contributed by atoms with Crippen LogP contribution in [0, 0.1) is 5.92 Å². The predicted octanol–water partition coefficient (Wildman–Crippen LogP) is 2.98. The summed E-state index contributed by atoms with van der Waals surface area (Å²) in [5.74, 6) is -1.65. The fourth-order valence-corrected chi connectivity index (χ4v) is 1.94. The molecule has 0 aromatic heterocycles. The van der Waals surface area contributed by atoms with Gasteiger partial charge in [-0.25, -0.2) is 0 Å². The van der Waals surface area contributed by atoms with Crippen molar-refractivity contribution in [3.63, 3.8) is 0 Å². The molecule has 0 bridgehead atoms. The number of halogens is 1. The normalized spacial score (nSPS) is 12.8. The van der Waals surface area contributed by atoms with Gasteiger partial charge in [-0.1, -0.05) is 26.0 Å². The predicted molar refractivity (Wildman–Crippen MR) is 61.0 cm³/mol. The number of hydrogen-bond donors (Lipinski definition) is 2. The summed E-state index contributed by atoms with van der Waals surface area (Å²) < 4.78 is 0.520. The number of carboxylic acids is 1. The van der Waals surface area contributed by atoms with Crippen LogP contribution < -0.4 is 0 Å². The molecule has 0 aliphatic heterocycles. The second-order valence-electron chi connectivity index (χ2n) is 3.74. The number of carboxylic acid groups (broad SMARTS) is 1. The Kier molecular flexibility index (Phi) is 3.74. The van der Waals surface area contributed by atoms with Crippen LogP contribution in [-0.2, 0) is 4.79 Å². The quantitative estimate of drug-likeness (QED) is 0.890. The summed E-state index contributed by atoms with van der Waals surface area (Å²) in [6.45, 7) is 3.64. The molecule has 0 aliphatic rings. The largest absolute Gasteiger partial charge is 0.506 e. The van der Waals surface area contributed by atoms with Gasteiger partial charge in [0, 0.05) is 5.56 Å². The molecule has 4 heteroatoms. The Balaban J connectivity index is 3.23. The Hall–Kier alpha value is -1.03. The summed E-state index contributed by atoms with van der Waals surface area (Å²) in [4.78, 5) is 11.1. The van der Waals surface area contributed by atoms with Gasteiger partial charge in [0.25, 0.3) is 0 Å². The minimum atomic E-state index is -0.918. The molecule has 0 aliphatic carbocycles. The minimum absolute atomic E-state index is 0.0126. The van der Waals surface area contributed by atoms with E-state index in [2.05, 4.69) is 15.9 Å². The van der Waals surface area contributed by atoms with E-state index in [1.165, 1.54) is 0 Å². The van der Waals surface area contributed by atoms with Gasteiger partial charge in [0.05, 0.1) is 10.4 Å². The van der Waals surface area contributed by atoms with Gasteiger partial charge in [-0.3, -0.25) is 4.79 Å². The molecule has 82 valence electrons. The molecule has 1 atom stereocenters. The first-order valence-electron chi connectivity index (χ1n) is 4.65. The molecule has 0 fully saturated rings. The highest BCUT2D eigenvalue weighted by atomic mass is 79.9. The van der Waals surface area contributed by atoms with Crippen LogP contribution in [0.25, 0.3) is 0 Å². The lowest BCUT2D eigenvalue weighted by molar-refractivity contribution is -0.139. The van der Waals surface area contributed by atoms with Crippen LogP contribution in [0.2, 0.25) is 0 Å². The number of aromatic hydroxyl groups is 1. The van der Waals surface area contributed by atoms with Crippen molar-refractivity contribution in [2.75, 3.05) is 0 Å². The maximum atomic E-state index is 11.1. The highest BCUT2D eigenvalue weighted by molar-refractivity contribution is 9.10. The SMILES string of the molecule is CC(C)C(C(=O)O)c1cccc(Br)c1O. The number of hydrogen-bond acceptors (Lipinski definition) is 2. The van der Waals surface area contributed by atoms with E-state index in [0.717, 1.165) is 0 Å². The standard InChI is InChI=1S/C11H13BrO3/c1-6(2)9(11(14)15)7-4-3-5-8(12)10(7)13/h3-6,9,13H,1-2H3,(H,14,15). The maximum Gasteiger partial charge on any atom is 0.311 e. The molecule has 3 nitrogen and oxygen atoms in total. The molecule has 1 rings (SSSR count). The van der Waals surface area contributed by atoms with E-state index in [9.17, 15) is 9.90 Å². The summed E-state index contributed by atoms with van der Waals surface area (Å²) in [5, 5.41) is 18.8. The van der Waals surface area contributed by atoms with E-state index in [1.807, 2.05) is 13.8 Å². The zero-order valence-electron chi connectivity index (χ0n) is 8.57. The summed E-state index contributed by atoms with van der Waals surface area (Å²) in [6.07, 6.45) is 0. The molecule has 0 saturated carbocycles.